The van der Waals surface area contributed by atoms with Crippen LogP contribution in [0.15, 0.2) is 102 Å². The predicted octanol–water partition coefficient (Wildman–Crippen LogP) is 5.32. The number of ether oxygens (including phenoxy) is 1. The lowest BCUT2D eigenvalue weighted by Crippen LogP contribution is -2.21. The summed E-state index contributed by atoms with van der Waals surface area (Å²) in [5, 5.41) is 5.05. The minimum Gasteiger partial charge on any atom is -0.497 e. The van der Waals surface area contributed by atoms with Gasteiger partial charge < -0.3 is 23.7 Å². The van der Waals surface area contributed by atoms with Gasteiger partial charge in [-0.1, -0.05) is 54.1 Å². The van der Waals surface area contributed by atoms with E-state index in [2.05, 4.69) is 10.6 Å². The van der Waals surface area contributed by atoms with Crippen molar-refractivity contribution in [2.24, 2.45) is 0 Å². The fourth-order valence-electron chi connectivity index (χ4n) is 3.52. The van der Waals surface area contributed by atoms with Gasteiger partial charge in [-0.25, -0.2) is 4.79 Å². The molecule has 2 amide bonds. The number of nitrogens with one attached hydrogen (secondary N) is 2. The third-order valence-corrected chi connectivity index (χ3v) is 7.87. The van der Waals surface area contributed by atoms with E-state index in [1.807, 2.05) is 6.92 Å². The van der Waals surface area contributed by atoms with Crippen molar-refractivity contribution in [3.05, 3.63) is 108 Å². The maximum Gasteiger partial charge on any atom is 0.339 e. The van der Waals surface area contributed by atoms with Gasteiger partial charge in [0, 0.05) is 0 Å². The summed E-state index contributed by atoms with van der Waals surface area (Å²) in [6.45, 7) is 1.83. The molecule has 0 fully saturated rings. The smallest absolute Gasteiger partial charge is 0.339 e. The summed E-state index contributed by atoms with van der Waals surface area (Å²) in [4.78, 5) is 12.8. The van der Waals surface area contributed by atoms with Crippen molar-refractivity contribution in [1.82, 2.24) is 0 Å². The lowest BCUT2D eigenvalue weighted by atomic mass is 10.2. The second-order valence-corrected chi connectivity index (χ2v) is 11.7. The number of para-hydroxylation sites is 4. The highest BCUT2D eigenvalue weighted by molar-refractivity contribution is 7.87. The van der Waals surface area contributed by atoms with E-state index >= 15 is 0 Å². The number of anilines is 2. The molecule has 208 valence electrons. The van der Waals surface area contributed by atoms with Crippen molar-refractivity contribution >= 4 is 37.6 Å². The average Bonchev–Trinajstić information content (AvgIpc) is 2.91. The van der Waals surface area contributed by atoms with Gasteiger partial charge in [0.05, 0.1) is 18.5 Å². The average molecular weight is 583 g/mol. The van der Waals surface area contributed by atoms with Gasteiger partial charge in [-0.2, -0.15) is 16.8 Å². The number of carbonyl (C=O) groups excluding carboxylic acids is 1. The number of urea groups is 1. The van der Waals surface area contributed by atoms with Crippen LogP contribution in [0.5, 0.6) is 17.2 Å². The van der Waals surface area contributed by atoms with Crippen LogP contribution in [0.1, 0.15) is 11.1 Å². The zero-order chi connectivity index (χ0) is 28.8. The summed E-state index contributed by atoms with van der Waals surface area (Å²) in [5.41, 5.74) is 1.52. The number of aryl methyl sites for hydroxylation is 1. The molecule has 2 N–H and O–H groups in total. The predicted molar refractivity (Wildman–Crippen MR) is 151 cm³/mol. The topological polar surface area (TPSA) is 137 Å². The standard InChI is InChI=1S/C28H26N2O8S2/c1-20-11-17-23(18-12-20)40(34,35)38-27-10-6-4-8-25(27)30-28(31)29-24-7-3-5-9-26(24)37-39(32,33)19-21-13-15-22(36-2)16-14-21/h3-18H,19H2,1-2H3,(H2,29,30,31). The molecule has 4 aromatic rings. The van der Waals surface area contributed by atoms with Crippen LogP contribution in [-0.4, -0.2) is 30.0 Å². The van der Waals surface area contributed by atoms with E-state index in [0.29, 0.717) is 11.3 Å². The first-order valence-electron chi connectivity index (χ1n) is 11.9. The zero-order valence-corrected chi connectivity index (χ0v) is 23.2. The van der Waals surface area contributed by atoms with Gasteiger partial charge in [-0.3, -0.25) is 0 Å². The van der Waals surface area contributed by atoms with Gasteiger partial charge in [0.15, 0.2) is 11.5 Å². The Morgan fingerprint density at radius 3 is 1.77 bits per heavy atom. The van der Waals surface area contributed by atoms with E-state index in [4.69, 9.17) is 13.1 Å². The van der Waals surface area contributed by atoms with Gasteiger partial charge >= 0.3 is 26.3 Å². The quantitative estimate of drug-likeness (QED) is 0.240. The molecule has 12 heteroatoms. The minimum atomic E-state index is -4.17. The van der Waals surface area contributed by atoms with Crippen LogP contribution in [0.4, 0.5) is 16.2 Å². The third-order valence-electron chi connectivity index (χ3n) is 5.50. The largest absolute Gasteiger partial charge is 0.497 e. The van der Waals surface area contributed by atoms with Gasteiger partial charge in [0.25, 0.3) is 0 Å². The Morgan fingerprint density at radius 2 is 1.23 bits per heavy atom. The number of methoxy groups -OCH3 is 1. The van der Waals surface area contributed by atoms with Gasteiger partial charge in [0.2, 0.25) is 0 Å². The molecule has 0 unspecified atom stereocenters. The Kier molecular flexibility index (Phi) is 8.61. The number of carbonyl (C=O) groups is 1. The molecule has 0 heterocycles. The molecule has 0 saturated carbocycles. The molecule has 0 aliphatic heterocycles. The molecule has 0 radical (unpaired) electrons. The number of amides is 2. The summed E-state index contributed by atoms with van der Waals surface area (Å²) >= 11 is 0. The van der Waals surface area contributed by atoms with Crippen LogP contribution in [0, 0.1) is 6.92 Å². The first-order valence-corrected chi connectivity index (χ1v) is 14.9. The van der Waals surface area contributed by atoms with Crippen molar-refractivity contribution in [3.63, 3.8) is 0 Å². The maximum atomic E-state index is 12.8. The lowest BCUT2D eigenvalue weighted by molar-refractivity contribution is 0.262. The molecule has 0 bridgehead atoms. The Bertz CT molecular complexity index is 1700. The van der Waals surface area contributed by atoms with Gasteiger partial charge in [0.1, 0.15) is 16.4 Å². The molecule has 4 rings (SSSR count). The van der Waals surface area contributed by atoms with Crippen molar-refractivity contribution < 1.29 is 34.7 Å². The van der Waals surface area contributed by atoms with E-state index in [0.717, 1.165) is 5.56 Å². The van der Waals surface area contributed by atoms with Gasteiger partial charge in [-0.15, -0.1) is 0 Å². The van der Waals surface area contributed by atoms with Crippen LogP contribution in [-0.2, 0) is 26.0 Å². The number of hydrogen-bond donors (Lipinski definition) is 2. The Hall–Kier alpha value is -4.55. The molecule has 0 aliphatic rings. The number of rotatable bonds is 10. The minimum absolute atomic E-state index is 0.0423. The monoisotopic (exact) mass is 582 g/mol. The lowest BCUT2D eigenvalue weighted by Gasteiger charge is -2.15. The van der Waals surface area contributed by atoms with Crippen LogP contribution in [0.3, 0.4) is 0 Å². The second-order valence-electron chi connectivity index (χ2n) is 8.56. The maximum absolute atomic E-state index is 12.8. The van der Waals surface area contributed by atoms with E-state index in [-0.39, 0.29) is 27.8 Å². The molecule has 10 nitrogen and oxygen atoms in total. The molecule has 0 aromatic heterocycles. The van der Waals surface area contributed by atoms with Crippen LogP contribution in [0.2, 0.25) is 0 Å². The Balaban J connectivity index is 1.46. The van der Waals surface area contributed by atoms with Crippen LogP contribution in [0.25, 0.3) is 0 Å². The van der Waals surface area contributed by atoms with E-state index < -0.39 is 32.0 Å². The highest BCUT2D eigenvalue weighted by Gasteiger charge is 2.21. The third kappa shape index (κ3) is 7.52. The molecule has 4 aromatic carbocycles. The molecular formula is C28H26N2O8S2. The van der Waals surface area contributed by atoms with Crippen molar-refractivity contribution in [3.8, 4) is 17.2 Å². The fourth-order valence-corrected chi connectivity index (χ4v) is 5.55. The van der Waals surface area contributed by atoms with Crippen LogP contribution >= 0.6 is 0 Å². The van der Waals surface area contributed by atoms with E-state index in [9.17, 15) is 21.6 Å². The van der Waals surface area contributed by atoms with Crippen molar-refractivity contribution in [1.29, 1.82) is 0 Å². The van der Waals surface area contributed by atoms with E-state index in [1.165, 1.54) is 43.5 Å². The van der Waals surface area contributed by atoms with Crippen LogP contribution < -0.4 is 23.7 Å². The number of benzene rings is 4. The summed E-state index contributed by atoms with van der Waals surface area (Å²) < 4.78 is 66.6. The number of hydrogen-bond acceptors (Lipinski definition) is 8. The molecule has 0 atom stereocenters. The summed E-state index contributed by atoms with van der Waals surface area (Å²) in [6, 6.07) is 23.8. The summed E-state index contributed by atoms with van der Waals surface area (Å²) in [6.07, 6.45) is 0. The van der Waals surface area contributed by atoms with Gasteiger partial charge in [-0.05, 0) is 61.0 Å². The highest BCUT2D eigenvalue weighted by Crippen LogP contribution is 2.30. The fraction of sp³-hybridized carbons (Fsp3) is 0.107. The highest BCUT2D eigenvalue weighted by atomic mass is 32.2. The molecule has 0 aliphatic carbocycles. The Morgan fingerprint density at radius 1 is 0.700 bits per heavy atom. The summed E-state index contributed by atoms with van der Waals surface area (Å²) in [5.74, 6) is -0.0256. The van der Waals surface area contributed by atoms with Crippen molar-refractivity contribution in [2.75, 3.05) is 17.7 Å². The first-order chi connectivity index (χ1) is 19.0. The second kappa shape index (κ2) is 12.1. The molecule has 0 spiro atoms. The SMILES string of the molecule is COc1ccc(CS(=O)(=O)Oc2ccccc2NC(=O)Nc2ccccc2OS(=O)(=O)c2ccc(C)cc2)cc1. The van der Waals surface area contributed by atoms with Crippen molar-refractivity contribution in [2.45, 2.75) is 17.6 Å². The zero-order valence-electron chi connectivity index (χ0n) is 21.5. The van der Waals surface area contributed by atoms with E-state index in [1.54, 1.807) is 60.7 Å². The normalized spacial score (nSPS) is 11.3. The Labute approximate surface area is 232 Å². The molecule has 0 saturated heterocycles. The summed E-state index contributed by atoms with van der Waals surface area (Å²) in [7, 11) is -6.74. The first kappa shape index (κ1) is 28.5. The molecule has 40 heavy (non-hydrogen) atoms. The molecular weight excluding hydrogens is 556 g/mol.